The molecule has 2 aromatic rings. The second kappa shape index (κ2) is 7.38. The van der Waals surface area contributed by atoms with Gasteiger partial charge < -0.3 is 10.1 Å². The summed E-state index contributed by atoms with van der Waals surface area (Å²) >= 11 is 1.72. The maximum absolute atomic E-state index is 12.8. The molecule has 142 valence electrons. The summed E-state index contributed by atoms with van der Waals surface area (Å²) in [4.78, 5) is 27.6. The lowest BCUT2D eigenvalue weighted by Gasteiger charge is -2.37. The second-order valence-corrected chi connectivity index (χ2v) is 8.84. The normalized spacial score (nSPS) is 23.3. The average Bonchev–Trinajstić information content (AvgIpc) is 2.99. The Bertz CT molecular complexity index is 838. The first kappa shape index (κ1) is 18.1. The number of rotatable bonds is 4. The highest BCUT2D eigenvalue weighted by Gasteiger charge is 2.26. The van der Waals surface area contributed by atoms with Crippen LogP contribution in [0.3, 0.4) is 0 Å². The fourth-order valence-corrected chi connectivity index (χ4v) is 5.64. The van der Waals surface area contributed by atoms with E-state index in [1.807, 2.05) is 0 Å². The van der Waals surface area contributed by atoms with Crippen LogP contribution in [0.5, 0.6) is 0 Å². The summed E-state index contributed by atoms with van der Waals surface area (Å²) in [5, 5.41) is 9.92. The van der Waals surface area contributed by atoms with Gasteiger partial charge in [-0.25, -0.2) is 4.98 Å². The third-order valence-corrected chi connectivity index (χ3v) is 7.10. The molecule has 7 heteroatoms. The lowest BCUT2D eigenvalue weighted by atomic mass is 9.89. The molecule has 2 atom stereocenters. The van der Waals surface area contributed by atoms with Gasteiger partial charge in [-0.05, 0) is 37.7 Å². The van der Waals surface area contributed by atoms with E-state index in [2.05, 4.69) is 28.6 Å². The fourth-order valence-electron chi connectivity index (χ4n) is 4.25. The summed E-state index contributed by atoms with van der Waals surface area (Å²) in [6.07, 6.45) is 3.24. The minimum absolute atomic E-state index is 0.0304. The molecular weight excluding hydrogens is 348 g/mol. The molecule has 0 saturated carbocycles. The smallest absolute Gasteiger partial charge is 0.259 e. The van der Waals surface area contributed by atoms with E-state index in [0.29, 0.717) is 5.92 Å². The highest BCUT2D eigenvalue weighted by atomic mass is 32.1. The van der Waals surface area contributed by atoms with Crippen molar-refractivity contribution in [2.75, 3.05) is 39.3 Å². The number of H-pyrrole nitrogens is 1. The monoisotopic (exact) mass is 376 g/mol. The largest absolute Gasteiger partial charge is 0.395 e. The van der Waals surface area contributed by atoms with E-state index in [4.69, 9.17) is 10.1 Å². The number of aliphatic hydroxyl groups excluding tert-OH is 1. The number of β-amino-alcohol motifs (C(OH)–C–C–N with tert-alkyl or cyclic N) is 1. The first-order valence-electron chi connectivity index (χ1n) is 9.68. The molecule has 1 saturated heterocycles. The Morgan fingerprint density at radius 3 is 2.85 bits per heavy atom. The number of hydrogen-bond acceptors (Lipinski definition) is 6. The van der Waals surface area contributed by atoms with Crippen molar-refractivity contribution in [2.24, 2.45) is 5.92 Å². The van der Waals surface area contributed by atoms with Crippen LogP contribution < -0.4 is 5.56 Å². The highest BCUT2D eigenvalue weighted by Crippen LogP contribution is 2.36. The molecule has 6 nitrogen and oxygen atoms in total. The zero-order valence-electron chi connectivity index (χ0n) is 15.6. The van der Waals surface area contributed by atoms with Gasteiger partial charge in [-0.3, -0.25) is 14.6 Å². The summed E-state index contributed by atoms with van der Waals surface area (Å²) in [5.74, 6) is 1.48. The maximum atomic E-state index is 12.8. The van der Waals surface area contributed by atoms with Crippen LogP contribution in [-0.4, -0.2) is 64.2 Å². The van der Waals surface area contributed by atoms with Crippen molar-refractivity contribution < 1.29 is 5.11 Å². The molecule has 2 aromatic heterocycles. The number of aliphatic hydroxyl groups is 1. The minimum atomic E-state index is 0.0304. The number of aryl methyl sites for hydroxylation is 1. The van der Waals surface area contributed by atoms with Crippen molar-refractivity contribution in [1.82, 2.24) is 19.8 Å². The topological polar surface area (TPSA) is 72.5 Å². The SMILES string of the molecule is CC1CCc2c(sc3nc(C(C)N4CCN(CCO)CC4)[nH]c(=O)c23)C1. The van der Waals surface area contributed by atoms with Gasteiger partial charge in [0.25, 0.3) is 5.56 Å². The van der Waals surface area contributed by atoms with Gasteiger partial charge in [0.2, 0.25) is 0 Å². The average molecular weight is 377 g/mol. The molecule has 0 aromatic carbocycles. The van der Waals surface area contributed by atoms with Crippen LogP contribution in [0.25, 0.3) is 10.2 Å². The lowest BCUT2D eigenvalue weighted by molar-refractivity contribution is 0.0862. The summed E-state index contributed by atoms with van der Waals surface area (Å²) < 4.78 is 0. The van der Waals surface area contributed by atoms with Crippen LogP contribution in [-0.2, 0) is 12.8 Å². The minimum Gasteiger partial charge on any atom is -0.395 e. The van der Waals surface area contributed by atoms with Crippen LogP contribution in [0, 0.1) is 5.92 Å². The number of piperazine rings is 1. The molecule has 2 unspecified atom stereocenters. The second-order valence-electron chi connectivity index (χ2n) is 7.76. The fraction of sp³-hybridized carbons (Fsp3) is 0.684. The van der Waals surface area contributed by atoms with E-state index >= 15 is 0 Å². The molecule has 1 aliphatic carbocycles. The predicted octanol–water partition coefficient (Wildman–Crippen LogP) is 1.78. The van der Waals surface area contributed by atoms with E-state index in [0.717, 1.165) is 68.0 Å². The van der Waals surface area contributed by atoms with Crippen LogP contribution in [0.1, 0.15) is 42.6 Å². The summed E-state index contributed by atoms with van der Waals surface area (Å²) in [5.41, 5.74) is 1.27. The summed E-state index contributed by atoms with van der Waals surface area (Å²) in [7, 11) is 0. The van der Waals surface area contributed by atoms with Crippen molar-refractivity contribution in [3.63, 3.8) is 0 Å². The zero-order chi connectivity index (χ0) is 18.3. The first-order chi connectivity index (χ1) is 12.6. The summed E-state index contributed by atoms with van der Waals surface area (Å²) in [6, 6.07) is 0.0985. The van der Waals surface area contributed by atoms with Gasteiger partial charge in [0, 0.05) is 37.6 Å². The van der Waals surface area contributed by atoms with Gasteiger partial charge >= 0.3 is 0 Å². The van der Waals surface area contributed by atoms with Crippen molar-refractivity contribution >= 4 is 21.6 Å². The van der Waals surface area contributed by atoms with Gasteiger partial charge in [-0.15, -0.1) is 11.3 Å². The van der Waals surface area contributed by atoms with Gasteiger partial charge in [0.1, 0.15) is 10.7 Å². The Hall–Kier alpha value is -1.28. The van der Waals surface area contributed by atoms with Gasteiger partial charge in [0.15, 0.2) is 0 Å². The Morgan fingerprint density at radius 1 is 1.35 bits per heavy atom. The Balaban J connectivity index is 1.58. The van der Waals surface area contributed by atoms with Crippen molar-refractivity contribution in [2.45, 2.75) is 39.2 Å². The number of hydrogen-bond donors (Lipinski definition) is 2. The molecule has 0 bridgehead atoms. The number of fused-ring (bicyclic) bond motifs is 3. The molecule has 0 amide bonds. The quantitative estimate of drug-likeness (QED) is 0.851. The van der Waals surface area contributed by atoms with Crippen LogP contribution in [0.2, 0.25) is 0 Å². The molecule has 4 rings (SSSR count). The van der Waals surface area contributed by atoms with E-state index < -0.39 is 0 Å². The standard InChI is InChI=1S/C19H28N4O2S/c1-12-3-4-14-15(11-12)26-19-16(14)18(25)20-17(21-19)13(2)23-7-5-22(6-8-23)9-10-24/h12-13,24H,3-11H2,1-2H3,(H,20,21,25). The third-order valence-electron chi connectivity index (χ3n) is 5.95. The number of aromatic nitrogens is 2. The molecule has 2 aliphatic rings. The van der Waals surface area contributed by atoms with E-state index in [1.54, 1.807) is 11.3 Å². The highest BCUT2D eigenvalue weighted by molar-refractivity contribution is 7.18. The molecule has 3 heterocycles. The Morgan fingerprint density at radius 2 is 2.12 bits per heavy atom. The van der Waals surface area contributed by atoms with Gasteiger partial charge in [-0.2, -0.15) is 0 Å². The van der Waals surface area contributed by atoms with Crippen LogP contribution in [0.4, 0.5) is 0 Å². The molecular formula is C19H28N4O2S. The molecule has 26 heavy (non-hydrogen) atoms. The van der Waals surface area contributed by atoms with Gasteiger partial charge in [0.05, 0.1) is 18.0 Å². The predicted molar refractivity (Wildman–Crippen MR) is 105 cm³/mol. The molecule has 1 aliphatic heterocycles. The number of nitrogens with zero attached hydrogens (tertiary/aromatic N) is 3. The van der Waals surface area contributed by atoms with Crippen molar-refractivity contribution in [3.05, 3.63) is 26.6 Å². The Kier molecular flexibility index (Phi) is 5.14. The van der Waals surface area contributed by atoms with Crippen LogP contribution in [0.15, 0.2) is 4.79 Å². The Labute approximate surface area is 157 Å². The molecule has 2 N–H and O–H groups in total. The zero-order valence-corrected chi connectivity index (χ0v) is 16.4. The maximum Gasteiger partial charge on any atom is 0.259 e. The van der Waals surface area contributed by atoms with Crippen molar-refractivity contribution in [3.8, 4) is 0 Å². The molecule has 0 radical (unpaired) electrons. The number of nitrogens with one attached hydrogen (secondary N) is 1. The lowest BCUT2D eigenvalue weighted by Crippen LogP contribution is -2.48. The van der Waals surface area contributed by atoms with Crippen molar-refractivity contribution in [1.29, 1.82) is 0 Å². The first-order valence-corrected chi connectivity index (χ1v) is 10.5. The number of aromatic amines is 1. The van der Waals surface area contributed by atoms with E-state index in [1.165, 1.54) is 10.4 Å². The van der Waals surface area contributed by atoms with Gasteiger partial charge in [-0.1, -0.05) is 6.92 Å². The van der Waals surface area contributed by atoms with E-state index in [9.17, 15) is 4.79 Å². The van der Waals surface area contributed by atoms with E-state index in [-0.39, 0.29) is 18.2 Å². The molecule has 1 fully saturated rings. The number of thiophene rings is 1. The van der Waals surface area contributed by atoms with Crippen LogP contribution >= 0.6 is 11.3 Å². The molecule has 0 spiro atoms. The summed E-state index contributed by atoms with van der Waals surface area (Å²) in [6.45, 7) is 9.12. The third kappa shape index (κ3) is 3.33.